The number of aromatic amines is 1. The van der Waals surface area contributed by atoms with Crippen molar-refractivity contribution in [1.82, 2.24) is 15.2 Å². The van der Waals surface area contributed by atoms with Gasteiger partial charge >= 0.3 is 0 Å². The average Bonchev–Trinajstić information content (AvgIpc) is 3.51. The van der Waals surface area contributed by atoms with Crippen molar-refractivity contribution in [2.75, 3.05) is 26.3 Å². The highest BCUT2D eigenvalue weighted by atomic mass is 79.9. The van der Waals surface area contributed by atoms with Gasteiger partial charge in [0.2, 0.25) is 12.5 Å². The first-order chi connectivity index (χ1) is 15.8. The minimum Gasteiger partial charge on any atom is -1.00 e. The molecule has 0 bridgehead atoms. The Morgan fingerprint density at radius 3 is 2.88 bits per heavy atom. The molecule has 2 aromatic heterocycles. The molecule has 0 fully saturated rings. The maximum absolute atomic E-state index is 6.20. The van der Waals surface area contributed by atoms with Crippen LogP contribution < -0.4 is 40.5 Å². The van der Waals surface area contributed by atoms with Gasteiger partial charge in [0, 0.05) is 18.2 Å². The van der Waals surface area contributed by atoms with Crippen molar-refractivity contribution in [2.45, 2.75) is 18.1 Å². The quantitative estimate of drug-likeness (QED) is 0.220. The van der Waals surface area contributed by atoms with E-state index in [1.807, 2.05) is 6.07 Å². The minimum absolute atomic E-state index is 0. The van der Waals surface area contributed by atoms with Crippen LogP contribution in [0, 0.1) is 0 Å². The predicted octanol–water partition coefficient (Wildman–Crippen LogP) is 0.381. The monoisotopic (exact) mass is 528 g/mol. The van der Waals surface area contributed by atoms with Crippen LogP contribution in [0.25, 0.3) is 22.0 Å². The molecule has 0 aliphatic carbocycles. The van der Waals surface area contributed by atoms with Crippen molar-refractivity contribution in [3.8, 4) is 34.3 Å². The Kier molecular flexibility index (Phi) is 6.03. The second-order valence-corrected chi connectivity index (χ2v) is 8.64. The van der Waals surface area contributed by atoms with Crippen molar-refractivity contribution < 1.29 is 40.5 Å². The average molecular weight is 529 g/mol. The van der Waals surface area contributed by atoms with E-state index in [0.717, 1.165) is 63.3 Å². The van der Waals surface area contributed by atoms with E-state index < -0.39 is 0 Å². The zero-order chi connectivity index (χ0) is 21.5. The number of thioether (sulfide) groups is 1. The Morgan fingerprint density at radius 1 is 1.18 bits per heavy atom. The van der Waals surface area contributed by atoms with Crippen molar-refractivity contribution >= 4 is 22.5 Å². The molecular formula is C23H21BrN4O4S. The fraction of sp³-hybridized carbons (Fsp3) is 0.261. The summed E-state index contributed by atoms with van der Waals surface area (Å²) in [6, 6.07) is 10.5. The van der Waals surface area contributed by atoms with Gasteiger partial charge in [-0.1, -0.05) is 11.8 Å². The largest absolute Gasteiger partial charge is 1.00 e. The maximum Gasteiger partial charge on any atom is 0.231 e. The molecule has 1 N–H and O–H groups in total. The Labute approximate surface area is 205 Å². The number of halogens is 1. The summed E-state index contributed by atoms with van der Waals surface area (Å²) in [5.41, 5.74) is 3.63. The molecular weight excluding hydrogens is 508 g/mol. The van der Waals surface area contributed by atoms with Gasteiger partial charge in [0.05, 0.1) is 24.7 Å². The lowest BCUT2D eigenvalue weighted by Crippen LogP contribution is -3.00. The number of nitrogens with zero attached hydrogens (tertiary/aromatic N) is 3. The third-order valence-corrected chi connectivity index (χ3v) is 6.60. The molecule has 4 heterocycles. The van der Waals surface area contributed by atoms with Gasteiger partial charge in [0.25, 0.3) is 0 Å². The molecule has 0 unspecified atom stereocenters. The Morgan fingerprint density at radius 2 is 2.06 bits per heavy atom. The minimum atomic E-state index is 0. The van der Waals surface area contributed by atoms with Gasteiger partial charge < -0.3 is 35.9 Å². The normalized spacial score (nSPS) is 13.2. The summed E-state index contributed by atoms with van der Waals surface area (Å²) in [5, 5.41) is 9.62. The smallest absolute Gasteiger partial charge is 0.231 e. The highest BCUT2D eigenvalue weighted by molar-refractivity contribution is 7.99. The van der Waals surface area contributed by atoms with Crippen LogP contribution in [0.4, 0.5) is 0 Å². The SMILES string of the molecule is COc1ccc2cc3[n+](cc2c1OCCSc1ncn[nH]1)CCc1cc2c(cc1-3)OCO2.[Br-]. The van der Waals surface area contributed by atoms with Crippen molar-refractivity contribution in [1.29, 1.82) is 0 Å². The van der Waals surface area contributed by atoms with Crippen LogP contribution in [0.2, 0.25) is 0 Å². The standard InChI is InChI=1S/C23H21N4O4S.BrH/c1-28-19-3-2-14-8-18-16-10-21-20(30-13-31-21)9-15(16)4-5-27(18)11-17(14)22(19)29-6-7-32-23-24-12-25-26-23;/h2-3,8-12H,4-7,13H2,1H3,(H,24,25,26);1H/q+1;/p-1. The Balaban J connectivity index is 0.00000228. The van der Waals surface area contributed by atoms with E-state index >= 15 is 0 Å². The highest BCUT2D eigenvalue weighted by Gasteiger charge is 2.28. The molecule has 0 spiro atoms. The van der Waals surface area contributed by atoms with Gasteiger partial charge in [-0.05, 0) is 35.2 Å². The second kappa shape index (κ2) is 9.11. The number of pyridine rings is 1. The third kappa shape index (κ3) is 3.97. The van der Waals surface area contributed by atoms with E-state index in [-0.39, 0.29) is 23.8 Å². The number of nitrogens with one attached hydrogen (secondary N) is 1. The lowest BCUT2D eigenvalue weighted by molar-refractivity contribution is -0.686. The molecule has 8 nitrogen and oxygen atoms in total. The van der Waals surface area contributed by atoms with Crippen LogP contribution in [0.1, 0.15) is 5.56 Å². The first-order valence-electron chi connectivity index (χ1n) is 10.4. The van der Waals surface area contributed by atoms with Gasteiger partial charge in [0.1, 0.15) is 6.33 Å². The van der Waals surface area contributed by atoms with Crippen LogP contribution in [-0.4, -0.2) is 41.4 Å². The summed E-state index contributed by atoms with van der Waals surface area (Å²) >= 11 is 1.57. The third-order valence-electron chi connectivity index (χ3n) is 5.76. The van der Waals surface area contributed by atoms with Crippen molar-refractivity contribution in [2.24, 2.45) is 0 Å². The molecule has 2 aromatic carbocycles. The van der Waals surface area contributed by atoms with E-state index in [0.29, 0.717) is 6.61 Å². The number of methoxy groups -OCH3 is 1. The fourth-order valence-electron chi connectivity index (χ4n) is 4.25. The lowest BCUT2D eigenvalue weighted by Gasteiger charge is -2.18. The van der Waals surface area contributed by atoms with Gasteiger partial charge in [-0.15, -0.1) is 0 Å². The maximum atomic E-state index is 6.20. The van der Waals surface area contributed by atoms with E-state index in [2.05, 4.69) is 50.2 Å². The molecule has 0 saturated heterocycles. The van der Waals surface area contributed by atoms with Gasteiger partial charge in [-0.25, -0.2) is 4.98 Å². The van der Waals surface area contributed by atoms with Gasteiger partial charge in [-0.3, -0.25) is 5.10 Å². The molecule has 170 valence electrons. The Bertz CT molecular complexity index is 1320. The molecule has 2 aliphatic rings. The molecule has 0 radical (unpaired) electrons. The number of H-pyrrole nitrogens is 1. The molecule has 33 heavy (non-hydrogen) atoms. The summed E-state index contributed by atoms with van der Waals surface area (Å²) in [6.07, 6.45) is 4.60. The molecule has 10 heteroatoms. The number of aromatic nitrogens is 4. The fourth-order valence-corrected chi connectivity index (χ4v) is 4.85. The van der Waals surface area contributed by atoms with Crippen LogP contribution >= 0.6 is 11.8 Å². The van der Waals surface area contributed by atoms with Gasteiger partial charge in [0.15, 0.2) is 40.9 Å². The summed E-state index contributed by atoms with van der Waals surface area (Å²) in [4.78, 5) is 4.13. The molecule has 0 saturated carbocycles. The van der Waals surface area contributed by atoms with Crippen LogP contribution in [0.15, 0.2) is 48.0 Å². The topological polar surface area (TPSA) is 82.4 Å². The predicted molar refractivity (Wildman–Crippen MR) is 119 cm³/mol. The number of rotatable bonds is 6. The number of benzene rings is 2. The molecule has 4 aromatic rings. The number of aryl methyl sites for hydroxylation is 2. The van der Waals surface area contributed by atoms with Crippen LogP contribution in [0.5, 0.6) is 23.0 Å². The number of ether oxygens (including phenoxy) is 4. The summed E-state index contributed by atoms with van der Waals surface area (Å²) in [7, 11) is 1.67. The van der Waals surface area contributed by atoms with E-state index in [1.54, 1.807) is 18.9 Å². The number of fused-ring (bicyclic) bond motifs is 5. The van der Waals surface area contributed by atoms with Gasteiger partial charge in [-0.2, -0.15) is 9.67 Å². The van der Waals surface area contributed by atoms with Crippen molar-refractivity contribution in [3.05, 3.63) is 48.4 Å². The number of hydrogen-bond acceptors (Lipinski definition) is 7. The summed E-state index contributed by atoms with van der Waals surface area (Å²) in [5.74, 6) is 3.87. The van der Waals surface area contributed by atoms with E-state index in [4.69, 9.17) is 18.9 Å². The highest BCUT2D eigenvalue weighted by Crippen LogP contribution is 2.41. The van der Waals surface area contributed by atoms with Crippen LogP contribution in [-0.2, 0) is 13.0 Å². The lowest BCUT2D eigenvalue weighted by atomic mass is 9.95. The molecule has 0 atom stereocenters. The number of hydrogen-bond donors (Lipinski definition) is 1. The van der Waals surface area contributed by atoms with Crippen LogP contribution in [0.3, 0.4) is 0 Å². The van der Waals surface area contributed by atoms with Crippen molar-refractivity contribution in [3.63, 3.8) is 0 Å². The zero-order valence-corrected chi connectivity index (χ0v) is 20.2. The Hall–Kier alpha value is -2.98. The molecule has 2 aliphatic heterocycles. The first kappa shape index (κ1) is 21.8. The van der Waals surface area contributed by atoms with E-state index in [9.17, 15) is 0 Å². The summed E-state index contributed by atoms with van der Waals surface area (Å²) in [6.45, 7) is 1.69. The van der Waals surface area contributed by atoms with E-state index in [1.165, 1.54) is 17.5 Å². The zero-order valence-electron chi connectivity index (χ0n) is 17.8. The molecule has 0 amide bonds. The summed E-state index contributed by atoms with van der Waals surface area (Å²) < 4.78 is 25.3. The second-order valence-electron chi connectivity index (χ2n) is 7.55. The first-order valence-corrected chi connectivity index (χ1v) is 11.4. The molecule has 6 rings (SSSR count).